The van der Waals surface area contributed by atoms with Gasteiger partial charge < -0.3 is 35.4 Å². The lowest BCUT2D eigenvalue weighted by Crippen LogP contribution is -2.64. The van der Waals surface area contributed by atoms with Crippen LogP contribution in [0.15, 0.2) is 60.0 Å². The van der Waals surface area contributed by atoms with Crippen molar-refractivity contribution in [1.29, 1.82) is 0 Å². The molecule has 2 saturated heterocycles. The molecule has 3 aliphatic rings. The normalized spacial score (nSPS) is 33.0. The maximum Gasteiger partial charge on any atom is 0.240 e. The maximum atomic E-state index is 13.7. The van der Waals surface area contributed by atoms with E-state index >= 15 is 0 Å². The molecule has 222 valence electrons. The number of ether oxygens (including phenoxy) is 2. The van der Waals surface area contributed by atoms with Crippen molar-refractivity contribution in [3.05, 3.63) is 55.1 Å². The average molecular weight is 603 g/mol. The van der Waals surface area contributed by atoms with Crippen LogP contribution in [0.25, 0.3) is 11.1 Å². The lowest BCUT2D eigenvalue weighted by Gasteiger charge is -2.46. The number of nitrogens with one attached hydrogen (secondary N) is 2. The van der Waals surface area contributed by atoms with Crippen molar-refractivity contribution in [2.24, 2.45) is 11.8 Å². The number of allylic oxidation sites excluding steroid dienone is 1. The summed E-state index contributed by atoms with van der Waals surface area (Å²) in [5, 5.41) is 38.2. The van der Waals surface area contributed by atoms with Gasteiger partial charge in [0.2, 0.25) is 5.91 Å². The Balaban J connectivity index is 1.36. The largest absolute Gasteiger partial charge is 0.396 e. The summed E-state index contributed by atoms with van der Waals surface area (Å²) in [7, 11) is 0. The molecule has 3 aliphatic heterocycles. The summed E-state index contributed by atoms with van der Waals surface area (Å²) in [6, 6.07) is 6.78. The molecule has 1 aromatic heterocycles. The summed E-state index contributed by atoms with van der Waals surface area (Å²) in [6.45, 7) is 2.79. The number of hydrogen-bond donors (Lipinski definition) is 5. The third kappa shape index (κ3) is 6.80. The van der Waals surface area contributed by atoms with Crippen LogP contribution in [0, 0.1) is 11.8 Å². The molecule has 12 heteroatoms. The van der Waals surface area contributed by atoms with E-state index in [1.807, 2.05) is 43.5 Å². The second-order valence-corrected chi connectivity index (χ2v) is 13.1. The first-order valence-corrected chi connectivity index (χ1v) is 16.1. The highest BCUT2D eigenvalue weighted by Crippen LogP contribution is 2.37. The van der Waals surface area contributed by atoms with Crippen molar-refractivity contribution in [1.82, 2.24) is 20.6 Å². The fraction of sp³-hybridized carbons (Fsp3) is 0.552. The topological polar surface area (TPSA) is 146 Å². The number of aliphatic hydroxyl groups excluding tert-OH is 3. The third-order valence-electron chi connectivity index (χ3n) is 8.11. The van der Waals surface area contributed by atoms with Gasteiger partial charge in [0.1, 0.15) is 30.0 Å². The number of benzene rings is 1. The Morgan fingerprint density at radius 1 is 1.15 bits per heavy atom. The highest BCUT2D eigenvalue weighted by atomic mass is 32.2. The van der Waals surface area contributed by atoms with Crippen molar-refractivity contribution in [3.63, 3.8) is 0 Å². The van der Waals surface area contributed by atoms with Crippen LogP contribution < -0.4 is 10.6 Å². The van der Waals surface area contributed by atoms with E-state index in [0.717, 1.165) is 22.4 Å². The molecule has 0 spiro atoms. The molecule has 0 aliphatic carbocycles. The minimum Gasteiger partial charge on any atom is -0.396 e. The molecule has 0 radical (unpaired) electrons. The van der Waals surface area contributed by atoms with E-state index in [-0.39, 0.29) is 29.8 Å². The Kier molecular flexibility index (Phi) is 10.4. The second kappa shape index (κ2) is 14.0. The van der Waals surface area contributed by atoms with Crippen LogP contribution in [0.2, 0.25) is 0 Å². The standard InChI is InChI=1S/C29H38N4O6S2/c1-16(41-20-8-6-17(7-9-20)19-11-30-15-31-12-19)22(27-25(36)24(35)21(14-34)29(39-27)40-2)33-28(37)23-26-18(13-32-23)5-3-4-10-38-26/h3-4,6-9,11-12,15-16,18,21-27,29,32,34-36H,5,10,13-14H2,1-2H3,(H,33,37)/t16-,18-,21+,22+,23-,24?,25?,26+,27+,29?/m0/s1. The number of carbonyl (C=O) groups excluding carboxylic acids is 1. The van der Waals surface area contributed by atoms with Gasteiger partial charge in [0.25, 0.3) is 0 Å². The van der Waals surface area contributed by atoms with Gasteiger partial charge in [-0.2, -0.15) is 0 Å². The molecule has 10 atom stereocenters. The molecular formula is C29H38N4O6S2. The second-order valence-electron chi connectivity index (χ2n) is 10.7. The molecule has 4 heterocycles. The van der Waals surface area contributed by atoms with E-state index in [9.17, 15) is 20.1 Å². The molecular weight excluding hydrogens is 564 g/mol. The van der Waals surface area contributed by atoms with Gasteiger partial charge in [-0.3, -0.25) is 4.79 Å². The first-order chi connectivity index (χ1) is 19.9. The number of hydrogen-bond acceptors (Lipinski definition) is 11. The molecule has 1 amide bonds. The number of aliphatic hydroxyl groups is 3. The number of thioether (sulfide) groups is 2. The maximum absolute atomic E-state index is 13.7. The molecule has 0 saturated carbocycles. The Hall–Kier alpha value is -2.03. The third-order valence-corrected chi connectivity index (χ3v) is 10.2. The predicted octanol–water partition coefficient (Wildman–Crippen LogP) is 1.46. The molecule has 3 unspecified atom stereocenters. The van der Waals surface area contributed by atoms with Crippen molar-refractivity contribution in [3.8, 4) is 11.1 Å². The van der Waals surface area contributed by atoms with Gasteiger partial charge in [0, 0.05) is 46.5 Å². The first-order valence-electron chi connectivity index (χ1n) is 13.9. The Morgan fingerprint density at radius 2 is 1.90 bits per heavy atom. The molecule has 1 aromatic carbocycles. The quantitative estimate of drug-likeness (QED) is 0.210. The van der Waals surface area contributed by atoms with Crippen molar-refractivity contribution < 1.29 is 29.6 Å². The van der Waals surface area contributed by atoms with Gasteiger partial charge in [0.15, 0.2) is 0 Å². The van der Waals surface area contributed by atoms with Crippen molar-refractivity contribution in [2.75, 3.05) is 26.0 Å². The minimum absolute atomic E-state index is 0.202. The fourth-order valence-electron chi connectivity index (χ4n) is 5.83. The fourth-order valence-corrected chi connectivity index (χ4v) is 7.76. The van der Waals surface area contributed by atoms with Crippen LogP contribution in [0.3, 0.4) is 0 Å². The van der Waals surface area contributed by atoms with E-state index < -0.39 is 41.7 Å². The summed E-state index contributed by atoms with van der Waals surface area (Å²) < 4.78 is 12.3. The lowest BCUT2D eigenvalue weighted by molar-refractivity contribution is -0.190. The molecule has 41 heavy (non-hydrogen) atoms. The number of carbonyl (C=O) groups is 1. The average Bonchev–Trinajstić information content (AvgIpc) is 3.26. The number of fused-ring (bicyclic) bond motifs is 1. The SMILES string of the molecule is CSC1O[C@H]([C@H](NC(=O)[C@H]2NC[C@@H]3CC=CCO[C@H]32)[C@H](C)Sc2ccc(-c3cncnc3)cc2)C(O)C(O)[C@H]1CO. The van der Waals surface area contributed by atoms with Crippen LogP contribution in [-0.4, -0.2) is 104 Å². The lowest BCUT2D eigenvalue weighted by atomic mass is 9.88. The van der Waals surface area contributed by atoms with Crippen molar-refractivity contribution >= 4 is 29.4 Å². The van der Waals surface area contributed by atoms with Gasteiger partial charge in [-0.05, 0) is 30.4 Å². The Bertz CT molecular complexity index is 1170. The van der Waals surface area contributed by atoms with Crippen LogP contribution in [0.4, 0.5) is 0 Å². The molecule has 2 fully saturated rings. The van der Waals surface area contributed by atoms with Crippen LogP contribution in [-0.2, 0) is 14.3 Å². The molecule has 5 rings (SSSR count). The van der Waals surface area contributed by atoms with Crippen molar-refractivity contribution in [2.45, 2.75) is 65.4 Å². The zero-order valence-corrected chi connectivity index (χ0v) is 24.7. The molecule has 5 N–H and O–H groups in total. The Labute approximate surface area is 248 Å². The Morgan fingerprint density at radius 3 is 2.61 bits per heavy atom. The number of nitrogens with zero attached hydrogens (tertiary/aromatic N) is 2. The first kappa shape index (κ1) is 30.4. The zero-order chi connectivity index (χ0) is 28.9. The predicted molar refractivity (Wildman–Crippen MR) is 158 cm³/mol. The molecule has 0 bridgehead atoms. The number of aromatic nitrogens is 2. The van der Waals surface area contributed by atoms with Gasteiger partial charge in [-0.1, -0.05) is 31.2 Å². The van der Waals surface area contributed by atoms with Crippen LogP contribution in [0.1, 0.15) is 13.3 Å². The van der Waals surface area contributed by atoms with E-state index in [1.54, 1.807) is 24.2 Å². The summed E-state index contributed by atoms with van der Waals surface area (Å²) in [4.78, 5) is 22.9. The summed E-state index contributed by atoms with van der Waals surface area (Å²) in [5.41, 5.74) is 1.35. The van der Waals surface area contributed by atoms with E-state index in [2.05, 4.69) is 26.7 Å². The molecule has 2 aromatic rings. The summed E-state index contributed by atoms with van der Waals surface area (Å²) in [6.07, 6.45) is 8.11. The van der Waals surface area contributed by atoms with Crippen LogP contribution >= 0.6 is 23.5 Å². The van der Waals surface area contributed by atoms with E-state index in [4.69, 9.17) is 9.47 Å². The summed E-state index contributed by atoms with van der Waals surface area (Å²) in [5.74, 6) is -0.673. The minimum atomic E-state index is -1.30. The van der Waals surface area contributed by atoms with E-state index in [1.165, 1.54) is 18.1 Å². The zero-order valence-electron chi connectivity index (χ0n) is 23.1. The van der Waals surface area contributed by atoms with Gasteiger partial charge in [0.05, 0.1) is 31.5 Å². The number of amides is 1. The van der Waals surface area contributed by atoms with E-state index in [0.29, 0.717) is 13.2 Å². The smallest absolute Gasteiger partial charge is 0.240 e. The van der Waals surface area contributed by atoms with Gasteiger partial charge in [-0.25, -0.2) is 9.97 Å². The molecule has 10 nitrogen and oxygen atoms in total. The number of rotatable bonds is 9. The summed E-state index contributed by atoms with van der Waals surface area (Å²) >= 11 is 2.90. The van der Waals surface area contributed by atoms with Crippen LogP contribution in [0.5, 0.6) is 0 Å². The van der Waals surface area contributed by atoms with Gasteiger partial charge in [-0.15, -0.1) is 23.5 Å². The van der Waals surface area contributed by atoms with Gasteiger partial charge >= 0.3 is 0 Å². The highest BCUT2D eigenvalue weighted by Gasteiger charge is 2.49. The monoisotopic (exact) mass is 602 g/mol. The highest BCUT2D eigenvalue weighted by molar-refractivity contribution is 8.00.